The van der Waals surface area contributed by atoms with Crippen molar-refractivity contribution in [2.24, 2.45) is 0 Å². The number of carbonyl (C=O) groups is 3. The number of carboxylic acid groups (broad SMARTS) is 1. The highest BCUT2D eigenvalue weighted by Crippen LogP contribution is 2.29. The Morgan fingerprint density at radius 3 is 2.40 bits per heavy atom. The van der Waals surface area contributed by atoms with E-state index >= 15 is 0 Å². The number of aromatic nitrogens is 1. The first-order valence-corrected chi connectivity index (χ1v) is 8.79. The summed E-state index contributed by atoms with van der Waals surface area (Å²) in [6, 6.07) is 13.1. The lowest BCUT2D eigenvalue weighted by molar-refractivity contribution is -0.146. The number of pyridine rings is 1. The van der Waals surface area contributed by atoms with Crippen LogP contribution in [0.25, 0.3) is 10.8 Å². The molecule has 2 aromatic carbocycles. The number of urea groups is 1. The maximum atomic E-state index is 12.1. The van der Waals surface area contributed by atoms with E-state index in [1.54, 1.807) is 36.4 Å². The molecule has 1 atom stereocenters. The molecule has 0 unspecified atom stereocenters. The third-order valence-electron chi connectivity index (χ3n) is 4.11. The number of carboxylic acids is 1. The summed E-state index contributed by atoms with van der Waals surface area (Å²) in [6.07, 6.45) is -0.440. The maximum Gasteiger partial charge on any atom is 0.334 e. The average Bonchev–Trinajstić information content (AvgIpc) is 2.72. The molecule has 0 saturated heterocycles. The van der Waals surface area contributed by atoms with Crippen LogP contribution in [0.1, 0.15) is 10.5 Å². The summed E-state index contributed by atoms with van der Waals surface area (Å²) in [4.78, 5) is 38.7. The number of aromatic hydroxyl groups is 1. The van der Waals surface area contributed by atoms with Crippen molar-refractivity contribution in [1.29, 1.82) is 0 Å². The van der Waals surface area contributed by atoms with E-state index < -0.39 is 36.3 Å². The van der Waals surface area contributed by atoms with Gasteiger partial charge in [0.25, 0.3) is 5.91 Å². The number of aliphatic hydroxyl groups is 1. The number of nitrogens with zero attached hydrogens (tertiary/aromatic N) is 1. The number of amides is 3. The molecule has 6 N–H and O–H groups in total. The quantitative estimate of drug-likeness (QED) is 0.361. The topological polar surface area (TPSA) is 161 Å². The molecule has 0 fully saturated rings. The number of nitrogens with one attached hydrogen (secondary N) is 3. The number of carbonyl (C=O) groups excluding carboxylic acids is 2. The van der Waals surface area contributed by atoms with E-state index in [0.717, 1.165) is 0 Å². The van der Waals surface area contributed by atoms with Crippen molar-refractivity contribution in [3.63, 3.8) is 0 Å². The monoisotopic (exact) mass is 410 g/mol. The molecule has 0 spiro atoms. The van der Waals surface area contributed by atoms with Crippen LogP contribution < -0.4 is 16.0 Å². The van der Waals surface area contributed by atoms with Crippen molar-refractivity contribution in [3.05, 3.63) is 60.4 Å². The van der Waals surface area contributed by atoms with Gasteiger partial charge in [0.05, 0.1) is 6.54 Å². The number of para-hydroxylation sites is 1. The van der Waals surface area contributed by atoms with E-state index in [-0.39, 0.29) is 5.69 Å². The molecule has 3 rings (SSSR count). The van der Waals surface area contributed by atoms with Gasteiger partial charge in [-0.25, -0.2) is 14.6 Å². The Kier molecular flexibility index (Phi) is 6.08. The Morgan fingerprint density at radius 2 is 1.70 bits per heavy atom. The zero-order valence-electron chi connectivity index (χ0n) is 15.5. The summed E-state index contributed by atoms with van der Waals surface area (Å²) in [5.74, 6) is -2.73. The molecular formula is C20H18N4O6. The van der Waals surface area contributed by atoms with Crippen molar-refractivity contribution in [2.75, 3.05) is 17.2 Å². The van der Waals surface area contributed by atoms with Gasteiger partial charge in [-0.05, 0) is 30.3 Å². The molecule has 3 amide bonds. The van der Waals surface area contributed by atoms with Crippen LogP contribution in [-0.4, -0.2) is 50.9 Å². The third-order valence-corrected chi connectivity index (χ3v) is 4.11. The van der Waals surface area contributed by atoms with Crippen molar-refractivity contribution >= 4 is 40.1 Å². The van der Waals surface area contributed by atoms with Crippen molar-refractivity contribution in [1.82, 2.24) is 10.3 Å². The minimum atomic E-state index is -1.77. The lowest BCUT2D eigenvalue weighted by atomic mass is 10.1. The summed E-state index contributed by atoms with van der Waals surface area (Å²) in [5, 5.41) is 36.5. The molecule has 30 heavy (non-hydrogen) atoms. The number of aliphatic hydroxyl groups excluding tert-OH is 1. The molecule has 0 radical (unpaired) electrons. The van der Waals surface area contributed by atoms with Gasteiger partial charge in [0.15, 0.2) is 17.5 Å². The van der Waals surface area contributed by atoms with Crippen molar-refractivity contribution in [2.45, 2.75) is 6.10 Å². The number of hydrogen-bond donors (Lipinski definition) is 6. The van der Waals surface area contributed by atoms with Gasteiger partial charge in [-0.3, -0.25) is 4.79 Å². The fourth-order valence-electron chi connectivity index (χ4n) is 2.63. The number of benzene rings is 2. The number of hydrogen-bond acceptors (Lipinski definition) is 6. The standard InChI is InChI=1S/C20H18N4O6/c25-15(19(28)29)10-22-18(27)16-17(26)14-7-6-13(8-11(14)9-21-16)24-20(30)23-12-4-2-1-3-5-12/h1-9,15,25-26H,10H2,(H,22,27)(H,28,29)(H2,23,24,30)/t15-/m0/s1. The van der Waals surface area contributed by atoms with Gasteiger partial charge in [-0.1, -0.05) is 18.2 Å². The zero-order chi connectivity index (χ0) is 21.7. The summed E-state index contributed by atoms with van der Waals surface area (Å²) in [7, 11) is 0. The van der Waals surface area contributed by atoms with Crippen LogP contribution in [0.15, 0.2) is 54.7 Å². The summed E-state index contributed by atoms with van der Waals surface area (Å²) < 4.78 is 0. The first-order chi connectivity index (χ1) is 14.3. The van der Waals surface area contributed by atoms with Crippen LogP contribution in [0, 0.1) is 0 Å². The van der Waals surface area contributed by atoms with E-state index in [4.69, 9.17) is 5.11 Å². The van der Waals surface area contributed by atoms with E-state index in [0.29, 0.717) is 22.1 Å². The molecule has 3 aromatic rings. The molecule has 0 aliphatic heterocycles. The van der Waals surface area contributed by atoms with Gasteiger partial charge in [-0.15, -0.1) is 0 Å². The van der Waals surface area contributed by atoms with E-state index in [1.165, 1.54) is 12.3 Å². The Balaban J connectivity index is 1.73. The smallest absolute Gasteiger partial charge is 0.334 e. The SMILES string of the molecule is O=C(Nc1ccccc1)Nc1ccc2c(O)c(C(=O)NC[C@H](O)C(=O)O)ncc2c1. The summed E-state index contributed by atoms with van der Waals surface area (Å²) in [6.45, 7) is -0.535. The van der Waals surface area contributed by atoms with E-state index in [1.807, 2.05) is 6.07 Å². The lowest BCUT2D eigenvalue weighted by Crippen LogP contribution is -2.36. The van der Waals surface area contributed by atoms with Gasteiger partial charge in [0.1, 0.15) is 0 Å². The van der Waals surface area contributed by atoms with Crippen LogP contribution >= 0.6 is 0 Å². The molecule has 154 valence electrons. The number of fused-ring (bicyclic) bond motifs is 1. The van der Waals surface area contributed by atoms with Gasteiger partial charge in [0, 0.05) is 28.3 Å². The first-order valence-electron chi connectivity index (χ1n) is 8.79. The molecule has 1 aromatic heterocycles. The molecule has 10 heteroatoms. The fourth-order valence-corrected chi connectivity index (χ4v) is 2.63. The molecule has 0 saturated carbocycles. The number of anilines is 2. The molecule has 1 heterocycles. The second kappa shape index (κ2) is 8.88. The molecular weight excluding hydrogens is 392 g/mol. The van der Waals surface area contributed by atoms with Crippen LogP contribution in [0.2, 0.25) is 0 Å². The Morgan fingerprint density at radius 1 is 1.00 bits per heavy atom. The van der Waals surface area contributed by atoms with E-state index in [9.17, 15) is 24.6 Å². The fraction of sp³-hybridized carbons (Fsp3) is 0.100. The predicted molar refractivity (Wildman–Crippen MR) is 108 cm³/mol. The summed E-state index contributed by atoms with van der Waals surface area (Å²) >= 11 is 0. The highest BCUT2D eigenvalue weighted by molar-refractivity contribution is 6.04. The second-order valence-corrected chi connectivity index (χ2v) is 6.27. The Labute approximate surface area is 170 Å². The minimum absolute atomic E-state index is 0.308. The van der Waals surface area contributed by atoms with Crippen LogP contribution in [-0.2, 0) is 4.79 Å². The second-order valence-electron chi connectivity index (χ2n) is 6.27. The lowest BCUT2D eigenvalue weighted by Gasteiger charge is -2.11. The molecule has 0 aliphatic carbocycles. The normalized spacial score (nSPS) is 11.5. The highest BCUT2D eigenvalue weighted by Gasteiger charge is 2.19. The van der Waals surface area contributed by atoms with Crippen molar-refractivity contribution < 1.29 is 29.7 Å². The average molecular weight is 410 g/mol. The molecule has 10 nitrogen and oxygen atoms in total. The third kappa shape index (κ3) is 4.80. The largest absolute Gasteiger partial charge is 0.505 e. The van der Waals surface area contributed by atoms with Gasteiger partial charge < -0.3 is 31.3 Å². The van der Waals surface area contributed by atoms with E-state index in [2.05, 4.69) is 20.9 Å². The first kappa shape index (κ1) is 20.6. The van der Waals surface area contributed by atoms with Gasteiger partial charge in [-0.2, -0.15) is 0 Å². The van der Waals surface area contributed by atoms with Gasteiger partial charge in [0.2, 0.25) is 0 Å². The van der Waals surface area contributed by atoms with Crippen LogP contribution in [0.4, 0.5) is 16.2 Å². The number of rotatable bonds is 6. The summed E-state index contributed by atoms with van der Waals surface area (Å²) in [5.41, 5.74) is 0.750. The van der Waals surface area contributed by atoms with Crippen LogP contribution in [0.5, 0.6) is 5.75 Å². The predicted octanol–water partition coefficient (Wildman–Crippen LogP) is 1.76. The molecule has 0 aliphatic rings. The Hall–Kier alpha value is -4.18. The zero-order valence-corrected chi connectivity index (χ0v) is 15.5. The molecule has 0 bridgehead atoms. The maximum absolute atomic E-state index is 12.1. The van der Waals surface area contributed by atoms with Crippen molar-refractivity contribution in [3.8, 4) is 5.75 Å². The number of aliphatic carboxylic acids is 1. The highest BCUT2D eigenvalue weighted by atomic mass is 16.4. The van der Waals surface area contributed by atoms with Gasteiger partial charge >= 0.3 is 12.0 Å². The minimum Gasteiger partial charge on any atom is -0.505 e. The van der Waals surface area contributed by atoms with Crippen LogP contribution in [0.3, 0.4) is 0 Å². The Bertz CT molecular complexity index is 1100.